The maximum absolute atomic E-state index is 12.4. The summed E-state index contributed by atoms with van der Waals surface area (Å²) in [5.74, 6) is 0.138. The van der Waals surface area contributed by atoms with E-state index in [4.69, 9.17) is 11.6 Å². The molecule has 116 valence electrons. The molecule has 1 saturated heterocycles. The van der Waals surface area contributed by atoms with Crippen LogP contribution in [0.1, 0.15) is 6.92 Å². The van der Waals surface area contributed by atoms with E-state index in [2.05, 4.69) is 0 Å². The van der Waals surface area contributed by atoms with Crippen LogP contribution in [0.15, 0.2) is 30.5 Å². The van der Waals surface area contributed by atoms with Crippen LogP contribution in [0.25, 0.3) is 10.9 Å². The maximum atomic E-state index is 12.4. The van der Waals surface area contributed by atoms with Crippen molar-refractivity contribution in [2.45, 2.75) is 13.5 Å². The van der Waals surface area contributed by atoms with Gasteiger partial charge >= 0.3 is 0 Å². The van der Waals surface area contributed by atoms with Gasteiger partial charge in [-0.3, -0.25) is 9.59 Å². The molecule has 0 unspecified atom stereocenters. The van der Waals surface area contributed by atoms with Gasteiger partial charge in [-0.25, -0.2) is 0 Å². The third kappa shape index (κ3) is 2.81. The Morgan fingerprint density at radius 3 is 2.45 bits per heavy atom. The van der Waals surface area contributed by atoms with Gasteiger partial charge in [-0.05, 0) is 18.2 Å². The summed E-state index contributed by atoms with van der Waals surface area (Å²) in [6.45, 7) is 4.27. The van der Waals surface area contributed by atoms with E-state index in [0.29, 0.717) is 37.7 Å². The second-order valence-electron chi connectivity index (χ2n) is 5.50. The summed E-state index contributed by atoms with van der Waals surface area (Å²) in [6.07, 6.45) is 1.89. The minimum atomic E-state index is 0.0677. The molecule has 0 spiro atoms. The van der Waals surface area contributed by atoms with Gasteiger partial charge in [0.2, 0.25) is 11.8 Å². The highest BCUT2D eigenvalue weighted by atomic mass is 35.5. The van der Waals surface area contributed by atoms with Crippen molar-refractivity contribution in [2.24, 2.45) is 0 Å². The van der Waals surface area contributed by atoms with Gasteiger partial charge in [0.25, 0.3) is 0 Å². The Morgan fingerprint density at radius 1 is 1.09 bits per heavy atom. The Labute approximate surface area is 134 Å². The number of fused-ring (bicyclic) bond motifs is 1. The summed E-state index contributed by atoms with van der Waals surface area (Å²) < 4.78 is 1.92. The fraction of sp³-hybridized carbons (Fsp3) is 0.375. The fourth-order valence-corrected chi connectivity index (χ4v) is 3.07. The fourth-order valence-electron chi connectivity index (χ4n) is 2.84. The Balaban J connectivity index is 1.69. The number of nitrogens with zero attached hydrogens (tertiary/aromatic N) is 3. The zero-order valence-corrected chi connectivity index (χ0v) is 13.2. The molecule has 6 heteroatoms. The van der Waals surface area contributed by atoms with E-state index in [1.54, 1.807) is 11.8 Å². The lowest BCUT2D eigenvalue weighted by atomic mass is 10.2. The molecule has 0 atom stereocenters. The summed E-state index contributed by atoms with van der Waals surface area (Å²) in [5, 5.41) is 1.65. The summed E-state index contributed by atoms with van der Waals surface area (Å²) in [7, 11) is 0. The van der Waals surface area contributed by atoms with Crippen molar-refractivity contribution in [2.75, 3.05) is 26.2 Å². The average Bonchev–Trinajstić information content (AvgIpc) is 2.92. The van der Waals surface area contributed by atoms with Gasteiger partial charge in [0.1, 0.15) is 6.54 Å². The maximum Gasteiger partial charge on any atom is 0.242 e. The first-order valence-electron chi connectivity index (χ1n) is 7.33. The second kappa shape index (κ2) is 6.01. The summed E-state index contributed by atoms with van der Waals surface area (Å²) in [4.78, 5) is 27.3. The van der Waals surface area contributed by atoms with Gasteiger partial charge in [0.15, 0.2) is 0 Å². The highest BCUT2D eigenvalue weighted by Crippen LogP contribution is 2.24. The Kier molecular flexibility index (Phi) is 4.07. The zero-order valence-electron chi connectivity index (χ0n) is 12.5. The van der Waals surface area contributed by atoms with Gasteiger partial charge < -0.3 is 14.4 Å². The molecule has 1 fully saturated rings. The monoisotopic (exact) mass is 319 g/mol. The molecule has 1 aliphatic heterocycles. The van der Waals surface area contributed by atoms with E-state index >= 15 is 0 Å². The normalized spacial score (nSPS) is 15.4. The van der Waals surface area contributed by atoms with Gasteiger partial charge in [0.05, 0.1) is 0 Å². The van der Waals surface area contributed by atoms with Crippen molar-refractivity contribution >= 4 is 34.3 Å². The SMILES string of the molecule is CC(=O)N1CCN(C(=O)Cn2ccc3c(Cl)cccc32)CC1. The highest BCUT2D eigenvalue weighted by molar-refractivity contribution is 6.35. The molecule has 0 saturated carbocycles. The minimum Gasteiger partial charge on any atom is -0.339 e. The van der Waals surface area contributed by atoms with Crippen LogP contribution in [0.4, 0.5) is 0 Å². The minimum absolute atomic E-state index is 0.0677. The first-order valence-corrected chi connectivity index (χ1v) is 7.70. The molecule has 1 aromatic carbocycles. The number of piperazine rings is 1. The standard InChI is InChI=1S/C16H18ClN3O2/c1-12(21)18-7-9-19(10-8-18)16(22)11-20-6-5-13-14(17)3-2-4-15(13)20/h2-6H,7-11H2,1H3. The lowest BCUT2D eigenvalue weighted by Crippen LogP contribution is -2.50. The number of benzene rings is 1. The van der Waals surface area contributed by atoms with Gasteiger partial charge in [-0.1, -0.05) is 17.7 Å². The number of rotatable bonds is 2. The van der Waals surface area contributed by atoms with E-state index in [1.165, 1.54) is 0 Å². The van der Waals surface area contributed by atoms with Crippen molar-refractivity contribution < 1.29 is 9.59 Å². The number of carbonyl (C=O) groups excluding carboxylic acids is 2. The molecular formula is C16H18ClN3O2. The number of hydrogen-bond acceptors (Lipinski definition) is 2. The molecule has 0 bridgehead atoms. The van der Waals surface area contributed by atoms with Crippen LogP contribution >= 0.6 is 11.6 Å². The molecule has 0 N–H and O–H groups in total. The van der Waals surface area contributed by atoms with Gasteiger partial charge in [-0.15, -0.1) is 0 Å². The molecule has 2 amide bonds. The lowest BCUT2D eigenvalue weighted by molar-refractivity contribution is -0.138. The van der Waals surface area contributed by atoms with E-state index in [0.717, 1.165) is 10.9 Å². The van der Waals surface area contributed by atoms with Crippen LogP contribution in [-0.2, 0) is 16.1 Å². The summed E-state index contributed by atoms with van der Waals surface area (Å²) in [5.41, 5.74) is 0.961. The number of halogens is 1. The molecular weight excluding hydrogens is 302 g/mol. The summed E-state index contributed by atoms with van der Waals surface area (Å²) in [6, 6.07) is 7.62. The first-order chi connectivity index (χ1) is 10.6. The van der Waals surface area contributed by atoms with Crippen LogP contribution in [-0.4, -0.2) is 52.4 Å². The zero-order chi connectivity index (χ0) is 15.7. The molecule has 1 aromatic heterocycles. The van der Waals surface area contributed by atoms with Crippen LogP contribution in [0.2, 0.25) is 5.02 Å². The Morgan fingerprint density at radius 2 is 1.77 bits per heavy atom. The average molecular weight is 320 g/mol. The summed E-state index contributed by atoms with van der Waals surface area (Å²) >= 11 is 6.16. The number of hydrogen-bond donors (Lipinski definition) is 0. The highest BCUT2D eigenvalue weighted by Gasteiger charge is 2.22. The largest absolute Gasteiger partial charge is 0.339 e. The number of aromatic nitrogens is 1. The molecule has 22 heavy (non-hydrogen) atoms. The predicted molar refractivity (Wildman–Crippen MR) is 85.8 cm³/mol. The molecule has 2 aromatic rings. The first kappa shape index (κ1) is 14.9. The van der Waals surface area contributed by atoms with E-state index < -0.39 is 0 Å². The van der Waals surface area contributed by atoms with Crippen LogP contribution < -0.4 is 0 Å². The van der Waals surface area contributed by atoms with Crippen molar-refractivity contribution in [3.8, 4) is 0 Å². The van der Waals surface area contributed by atoms with Crippen LogP contribution in [0.5, 0.6) is 0 Å². The number of carbonyl (C=O) groups is 2. The second-order valence-corrected chi connectivity index (χ2v) is 5.91. The van der Waals surface area contributed by atoms with Crippen molar-refractivity contribution in [1.82, 2.24) is 14.4 Å². The van der Waals surface area contributed by atoms with Crippen LogP contribution in [0, 0.1) is 0 Å². The van der Waals surface area contributed by atoms with E-state index in [-0.39, 0.29) is 11.8 Å². The van der Waals surface area contributed by atoms with E-state index in [9.17, 15) is 9.59 Å². The number of amides is 2. The third-order valence-electron chi connectivity index (χ3n) is 4.14. The van der Waals surface area contributed by atoms with Gasteiger partial charge in [0, 0.05) is 55.2 Å². The molecule has 2 heterocycles. The lowest BCUT2D eigenvalue weighted by Gasteiger charge is -2.34. The van der Waals surface area contributed by atoms with Crippen molar-refractivity contribution in [3.63, 3.8) is 0 Å². The molecule has 3 rings (SSSR count). The Bertz CT molecular complexity index is 717. The van der Waals surface area contributed by atoms with Crippen LogP contribution in [0.3, 0.4) is 0 Å². The molecule has 0 aliphatic carbocycles. The third-order valence-corrected chi connectivity index (χ3v) is 4.47. The smallest absolute Gasteiger partial charge is 0.242 e. The van der Waals surface area contributed by atoms with Crippen molar-refractivity contribution in [3.05, 3.63) is 35.5 Å². The molecule has 5 nitrogen and oxygen atoms in total. The predicted octanol–water partition coefficient (Wildman–Crippen LogP) is 1.99. The van der Waals surface area contributed by atoms with E-state index in [1.807, 2.05) is 39.9 Å². The molecule has 0 radical (unpaired) electrons. The van der Waals surface area contributed by atoms with Crippen molar-refractivity contribution in [1.29, 1.82) is 0 Å². The van der Waals surface area contributed by atoms with Gasteiger partial charge in [-0.2, -0.15) is 0 Å². The molecule has 1 aliphatic rings. The topological polar surface area (TPSA) is 45.6 Å². The Hall–Kier alpha value is -2.01. The quantitative estimate of drug-likeness (QED) is 0.849.